The minimum absolute atomic E-state index is 0.138. The summed E-state index contributed by atoms with van der Waals surface area (Å²) in [5.74, 6) is 1.23. The highest BCUT2D eigenvalue weighted by Gasteiger charge is 2.19. The van der Waals surface area contributed by atoms with Crippen molar-refractivity contribution in [3.8, 4) is 5.75 Å². The summed E-state index contributed by atoms with van der Waals surface area (Å²) in [7, 11) is 1.63. The summed E-state index contributed by atoms with van der Waals surface area (Å²) in [6, 6.07) is 14.0. The van der Waals surface area contributed by atoms with E-state index in [0.717, 1.165) is 11.3 Å². The number of esters is 1. The van der Waals surface area contributed by atoms with Gasteiger partial charge in [0.2, 0.25) is 5.78 Å². The van der Waals surface area contributed by atoms with Crippen molar-refractivity contribution in [3.63, 3.8) is 0 Å². The van der Waals surface area contributed by atoms with Crippen LogP contribution >= 0.6 is 0 Å². The number of hydrogen-bond acceptors (Lipinski definition) is 8. The molecule has 0 N–H and O–H groups in total. The van der Waals surface area contributed by atoms with Gasteiger partial charge in [-0.1, -0.05) is 29.4 Å². The zero-order valence-electron chi connectivity index (χ0n) is 18.8. The minimum Gasteiger partial charge on any atom is -0.488 e. The second kappa shape index (κ2) is 8.47. The first-order valence-electron chi connectivity index (χ1n) is 10.6. The molecule has 0 amide bonds. The third-order valence-corrected chi connectivity index (χ3v) is 5.69. The molecule has 0 radical (unpaired) electrons. The van der Waals surface area contributed by atoms with E-state index in [2.05, 4.69) is 15.4 Å². The lowest BCUT2D eigenvalue weighted by Gasteiger charge is -2.11. The Morgan fingerprint density at radius 3 is 2.59 bits per heavy atom. The molecule has 10 nitrogen and oxygen atoms in total. The topological polar surface area (TPSA) is 114 Å². The summed E-state index contributed by atoms with van der Waals surface area (Å²) in [6.07, 6.45) is 0. The standard InChI is InChI=1S/C24H21N5O5/c1-14-18(15(2)34-27-14)12-32-20-11-7-5-9-17(20)23(31)33-13-21-25-26-24-28(3)22(30)16-8-4-6-10-19(16)29(21)24/h4-11H,12-13H2,1-3H3. The number of rotatable bonds is 6. The van der Waals surface area contributed by atoms with Crippen LogP contribution in [0.4, 0.5) is 0 Å². The Bertz CT molecular complexity index is 1580. The summed E-state index contributed by atoms with van der Waals surface area (Å²) < 4.78 is 19.7. The molecule has 0 aliphatic heterocycles. The molecule has 3 aromatic heterocycles. The van der Waals surface area contributed by atoms with Crippen LogP contribution in [-0.4, -0.2) is 30.3 Å². The normalized spacial score (nSPS) is 11.3. The average Bonchev–Trinajstić information content (AvgIpc) is 3.43. The quantitative estimate of drug-likeness (QED) is 0.356. The fourth-order valence-corrected chi connectivity index (χ4v) is 3.81. The molecule has 0 saturated carbocycles. The molecule has 172 valence electrons. The second-order valence-electron chi connectivity index (χ2n) is 7.80. The van der Waals surface area contributed by atoms with E-state index in [1.54, 1.807) is 60.8 Å². The number of para-hydroxylation sites is 2. The number of fused-ring (bicyclic) bond motifs is 3. The zero-order valence-corrected chi connectivity index (χ0v) is 18.8. The van der Waals surface area contributed by atoms with Gasteiger partial charge in [-0.05, 0) is 38.1 Å². The van der Waals surface area contributed by atoms with E-state index in [9.17, 15) is 9.59 Å². The van der Waals surface area contributed by atoms with Gasteiger partial charge >= 0.3 is 5.97 Å². The van der Waals surface area contributed by atoms with Crippen molar-refractivity contribution in [2.45, 2.75) is 27.1 Å². The molecule has 5 aromatic rings. The Hall–Kier alpha value is -4.47. The van der Waals surface area contributed by atoms with Crippen molar-refractivity contribution >= 4 is 22.6 Å². The van der Waals surface area contributed by atoms with Gasteiger partial charge in [0.25, 0.3) is 5.56 Å². The number of carbonyl (C=O) groups is 1. The first-order valence-corrected chi connectivity index (χ1v) is 10.6. The highest BCUT2D eigenvalue weighted by atomic mass is 16.5. The fraction of sp³-hybridized carbons (Fsp3) is 0.208. The van der Waals surface area contributed by atoms with Crippen molar-refractivity contribution in [2.75, 3.05) is 0 Å². The maximum Gasteiger partial charge on any atom is 0.342 e. The van der Waals surface area contributed by atoms with Crippen molar-refractivity contribution in [1.82, 2.24) is 24.3 Å². The Labute approximate surface area is 193 Å². The van der Waals surface area contributed by atoms with Gasteiger partial charge in [0.15, 0.2) is 12.4 Å². The van der Waals surface area contributed by atoms with E-state index in [1.807, 2.05) is 13.0 Å². The summed E-state index contributed by atoms with van der Waals surface area (Å²) >= 11 is 0. The van der Waals surface area contributed by atoms with Gasteiger partial charge in [0.05, 0.1) is 22.2 Å². The largest absolute Gasteiger partial charge is 0.488 e. The number of aryl methyl sites for hydroxylation is 3. The highest BCUT2D eigenvalue weighted by molar-refractivity contribution is 5.92. The molecule has 2 aromatic carbocycles. The molecular formula is C24H21N5O5. The van der Waals surface area contributed by atoms with E-state index in [1.165, 1.54) is 4.57 Å². The van der Waals surface area contributed by atoms with Crippen LogP contribution in [-0.2, 0) is 25.0 Å². The lowest BCUT2D eigenvalue weighted by molar-refractivity contribution is 0.0456. The molecule has 0 aliphatic carbocycles. The molecule has 0 atom stereocenters. The molecule has 3 heterocycles. The molecule has 0 fully saturated rings. The van der Waals surface area contributed by atoms with Crippen molar-refractivity contribution in [3.05, 3.63) is 87.3 Å². The van der Waals surface area contributed by atoms with E-state index in [-0.39, 0.29) is 24.3 Å². The third kappa shape index (κ3) is 3.58. The molecule has 0 unspecified atom stereocenters. The molecule has 34 heavy (non-hydrogen) atoms. The van der Waals surface area contributed by atoms with Crippen LogP contribution in [0, 0.1) is 13.8 Å². The fourth-order valence-electron chi connectivity index (χ4n) is 3.81. The van der Waals surface area contributed by atoms with E-state index >= 15 is 0 Å². The van der Waals surface area contributed by atoms with Gasteiger partial charge in [0.1, 0.15) is 23.7 Å². The van der Waals surface area contributed by atoms with Gasteiger partial charge in [0, 0.05) is 7.05 Å². The second-order valence-corrected chi connectivity index (χ2v) is 7.80. The Morgan fingerprint density at radius 2 is 1.79 bits per heavy atom. The first-order chi connectivity index (χ1) is 16.5. The maximum atomic E-state index is 12.9. The lowest BCUT2D eigenvalue weighted by Crippen LogP contribution is -2.20. The van der Waals surface area contributed by atoms with Gasteiger partial charge in [-0.15, -0.1) is 10.2 Å². The van der Waals surface area contributed by atoms with Crippen LogP contribution in [0.25, 0.3) is 16.7 Å². The summed E-state index contributed by atoms with van der Waals surface area (Å²) in [5.41, 5.74) is 2.30. The summed E-state index contributed by atoms with van der Waals surface area (Å²) in [5, 5.41) is 12.7. The van der Waals surface area contributed by atoms with Crippen LogP contribution < -0.4 is 10.3 Å². The van der Waals surface area contributed by atoms with Gasteiger partial charge in [-0.3, -0.25) is 13.8 Å². The molecule has 0 aliphatic rings. The van der Waals surface area contributed by atoms with Crippen molar-refractivity contribution < 1.29 is 18.8 Å². The number of carbonyl (C=O) groups excluding carboxylic acids is 1. The maximum absolute atomic E-state index is 12.9. The summed E-state index contributed by atoms with van der Waals surface area (Å²) in [4.78, 5) is 25.5. The predicted octanol–water partition coefficient (Wildman–Crippen LogP) is 3.12. The van der Waals surface area contributed by atoms with Crippen molar-refractivity contribution in [2.24, 2.45) is 7.05 Å². The molecule has 5 rings (SSSR count). The first kappa shape index (κ1) is 21.4. The molecule has 10 heteroatoms. The number of hydrogen-bond donors (Lipinski definition) is 0. The van der Waals surface area contributed by atoms with Gasteiger partial charge < -0.3 is 14.0 Å². The highest BCUT2D eigenvalue weighted by Crippen LogP contribution is 2.23. The SMILES string of the molecule is Cc1noc(C)c1COc1ccccc1C(=O)OCc1nnc2n(C)c(=O)c3ccccc3n12. The predicted molar refractivity (Wildman–Crippen MR) is 122 cm³/mol. The smallest absolute Gasteiger partial charge is 0.342 e. The minimum atomic E-state index is -0.569. The van der Waals surface area contributed by atoms with Gasteiger partial charge in [-0.25, -0.2) is 4.79 Å². The Balaban J connectivity index is 1.40. The lowest BCUT2D eigenvalue weighted by atomic mass is 10.2. The molecule has 0 saturated heterocycles. The molecule has 0 spiro atoms. The Morgan fingerprint density at radius 1 is 1.03 bits per heavy atom. The number of aromatic nitrogens is 5. The number of nitrogens with zero attached hydrogens (tertiary/aromatic N) is 5. The third-order valence-electron chi connectivity index (χ3n) is 5.69. The monoisotopic (exact) mass is 459 g/mol. The van der Waals surface area contributed by atoms with Gasteiger partial charge in [-0.2, -0.15) is 0 Å². The van der Waals surface area contributed by atoms with Crippen LogP contribution in [0.3, 0.4) is 0 Å². The Kier molecular flexibility index (Phi) is 5.33. The summed E-state index contributed by atoms with van der Waals surface area (Å²) in [6.45, 7) is 3.71. The number of benzene rings is 2. The molecule has 0 bridgehead atoms. The average molecular weight is 459 g/mol. The van der Waals surface area contributed by atoms with E-state index in [4.69, 9.17) is 14.0 Å². The van der Waals surface area contributed by atoms with E-state index in [0.29, 0.717) is 34.0 Å². The molecular weight excluding hydrogens is 438 g/mol. The van der Waals surface area contributed by atoms with E-state index < -0.39 is 5.97 Å². The van der Waals surface area contributed by atoms with Crippen molar-refractivity contribution in [1.29, 1.82) is 0 Å². The van der Waals surface area contributed by atoms with Crippen LogP contribution in [0.5, 0.6) is 5.75 Å². The van der Waals surface area contributed by atoms with Crippen LogP contribution in [0.1, 0.15) is 33.2 Å². The zero-order chi connectivity index (χ0) is 23.8. The van der Waals surface area contributed by atoms with Crippen LogP contribution in [0.15, 0.2) is 57.8 Å². The van der Waals surface area contributed by atoms with Crippen LogP contribution in [0.2, 0.25) is 0 Å². The number of ether oxygens (including phenoxy) is 2.